The molecule has 27 heavy (non-hydrogen) atoms. The smallest absolute Gasteiger partial charge is 0.416 e. The van der Waals surface area contributed by atoms with Crippen LogP contribution in [0.15, 0.2) is 60.9 Å². The molecule has 0 aliphatic carbocycles. The van der Waals surface area contributed by atoms with Gasteiger partial charge in [-0.1, -0.05) is 12.1 Å². The van der Waals surface area contributed by atoms with Crippen LogP contribution >= 0.6 is 0 Å². The average Bonchev–Trinajstić information content (AvgIpc) is 2.67. The lowest BCUT2D eigenvalue weighted by Gasteiger charge is -2.21. The minimum atomic E-state index is -4.36. The number of halogens is 3. The third kappa shape index (κ3) is 4.28. The van der Waals surface area contributed by atoms with Crippen molar-refractivity contribution in [2.24, 2.45) is 0 Å². The predicted molar refractivity (Wildman–Crippen MR) is 97.8 cm³/mol. The van der Waals surface area contributed by atoms with Gasteiger partial charge in [-0.3, -0.25) is 0 Å². The maximum absolute atomic E-state index is 12.7. The quantitative estimate of drug-likeness (QED) is 0.680. The lowest BCUT2D eigenvalue weighted by Crippen LogP contribution is -2.13. The van der Waals surface area contributed by atoms with Crippen LogP contribution in [0.4, 0.5) is 36.2 Å². The first-order valence-corrected chi connectivity index (χ1v) is 8.01. The lowest BCUT2D eigenvalue weighted by molar-refractivity contribution is -0.137. The Balaban J connectivity index is 1.81. The van der Waals surface area contributed by atoms with E-state index in [1.807, 2.05) is 36.2 Å². The molecule has 0 aliphatic heterocycles. The van der Waals surface area contributed by atoms with Gasteiger partial charge >= 0.3 is 6.18 Å². The topological polar surface area (TPSA) is 50.3 Å². The molecule has 0 atom stereocenters. The molecular weight excluding hydrogens is 357 g/mol. The second-order valence-corrected chi connectivity index (χ2v) is 5.69. The molecule has 1 N–H and O–H groups in total. The molecule has 3 aromatic rings. The molecule has 0 fully saturated rings. The van der Waals surface area contributed by atoms with Crippen molar-refractivity contribution in [1.29, 1.82) is 0 Å². The number of anilines is 4. The summed E-state index contributed by atoms with van der Waals surface area (Å²) in [7, 11) is 3.42. The van der Waals surface area contributed by atoms with Gasteiger partial charge in [0, 0.05) is 18.8 Å². The molecule has 5 nitrogen and oxygen atoms in total. The second-order valence-electron chi connectivity index (χ2n) is 5.69. The summed E-state index contributed by atoms with van der Waals surface area (Å²) in [5, 5.41) is 2.98. The highest BCUT2D eigenvalue weighted by Crippen LogP contribution is 2.32. The maximum atomic E-state index is 12.7. The Labute approximate surface area is 154 Å². The van der Waals surface area contributed by atoms with E-state index in [0.29, 0.717) is 23.1 Å². The van der Waals surface area contributed by atoms with Crippen molar-refractivity contribution in [1.82, 2.24) is 9.97 Å². The number of para-hydroxylation sites is 2. The van der Waals surface area contributed by atoms with E-state index in [2.05, 4.69) is 15.3 Å². The van der Waals surface area contributed by atoms with Crippen LogP contribution < -0.4 is 15.0 Å². The van der Waals surface area contributed by atoms with E-state index in [1.54, 1.807) is 13.2 Å². The molecule has 1 aromatic heterocycles. The van der Waals surface area contributed by atoms with E-state index < -0.39 is 11.7 Å². The van der Waals surface area contributed by atoms with Gasteiger partial charge in [0.05, 0.1) is 18.4 Å². The number of hydrogen-bond acceptors (Lipinski definition) is 5. The Morgan fingerprint density at radius 3 is 2.37 bits per heavy atom. The molecule has 0 saturated carbocycles. The number of rotatable bonds is 5. The first-order valence-electron chi connectivity index (χ1n) is 8.01. The highest BCUT2D eigenvalue weighted by atomic mass is 19.4. The fraction of sp³-hybridized carbons (Fsp3) is 0.158. The van der Waals surface area contributed by atoms with Gasteiger partial charge in [0.1, 0.15) is 23.7 Å². The molecule has 0 radical (unpaired) electrons. The number of alkyl halides is 3. The van der Waals surface area contributed by atoms with Crippen LogP contribution in [0, 0.1) is 0 Å². The summed E-state index contributed by atoms with van der Waals surface area (Å²) in [6, 6.07) is 13.9. The SMILES string of the molecule is COc1ccccc1N(C)c1cc(Nc2ccc(C(F)(F)F)cc2)ncn1. The van der Waals surface area contributed by atoms with Crippen LogP contribution in [-0.4, -0.2) is 24.1 Å². The number of benzene rings is 2. The van der Waals surface area contributed by atoms with Crippen LogP contribution in [0.3, 0.4) is 0 Å². The molecule has 0 aliphatic rings. The normalized spacial score (nSPS) is 11.1. The van der Waals surface area contributed by atoms with Crippen LogP contribution in [0.5, 0.6) is 5.75 Å². The van der Waals surface area contributed by atoms with Crippen LogP contribution in [0.2, 0.25) is 0 Å². The van der Waals surface area contributed by atoms with Crippen molar-refractivity contribution in [2.75, 3.05) is 24.4 Å². The van der Waals surface area contributed by atoms with Crippen LogP contribution in [-0.2, 0) is 6.18 Å². The highest BCUT2D eigenvalue weighted by Gasteiger charge is 2.29. The van der Waals surface area contributed by atoms with Gasteiger partial charge < -0.3 is 15.0 Å². The van der Waals surface area contributed by atoms with Gasteiger partial charge in [0.15, 0.2) is 0 Å². The van der Waals surface area contributed by atoms with Gasteiger partial charge in [0.2, 0.25) is 0 Å². The number of nitrogens with zero attached hydrogens (tertiary/aromatic N) is 3. The average molecular weight is 374 g/mol. The standard InChI is InChI=1S/C19H17F3N4O/c1-26(15-5-3-4-6-16(15)27-2)18-11-17(23-12-24-18)25-14-9-7-13(8-10-14)19(20,21)22/h3-12H,1-2H3,(H,23,24,25). The lowest BCUT2D eigenvalue weighted by atomic mass is 10.2. The van der Waals surface area contributed by atoms with Gasteiger partial charge in [-0.25, -0.2) is 9.97 Å². The van der Waals surface area contributed by atoms with Crippen molar-refractivity contribution in [2.45, 2.75) is 6.18 Å². The molecule has 3 rings (SSSR count). The number of nitrogens with one attached hydrogen (secondary N) is 1. The molecule has 140 valence electrons. The molecule has 0 saturated heterocycles. The Bertz CT molecular complexity index is 913. The number of ether oxygens (including phenoxy) is 1. The number of hydrogen-bond donors (Lipinski definition) is 1. The van der Waals surface area contributed by atoms with Crippen molar-refractivity contribution in [3.05, 3.63) is 66.5 Å². The van der Waals surface area contributed by atoms with E-state index in [9.17, 15) is 13.2 Å². The monoisotopic (exact) mass is 374 g/mol. The summed E-state index contributed by atoms with van der Waals surface area (Å²) < 4.78 is 43.3. The zero-order valence-electron chi connectivity index (χ0n) is 14.7. The second kappa shape index (κ2) is 7.53. The van der Waals surface area contributed by atoms with Crippen molar-refractivity contribution in [3.63, 3.8) is 0 Å². The zero-order valence-corrected chi connectivity index (χ0v) is 14.7. The fourth-order valence-corrected chi connectivity index (χ4v) is 2.52. The van der Waals surface area contributed by atoms with E-state index in [-0.39, 0.29) is 0 Å². The number of aromatic nitrogens is 2. The Morgan fingerprint density at radius 2 is 1.70 bits per heavy atom. The summed E-state index contributed by atoms with van der Waals surface area (Å²) in [5.41, 5.74) is 0.610. The zero-order chi connectivity index (χ0) is 19.4. The minimum Gasteiger partial charge on any atom is -0.495 e. The van der Waals surface area contributed by atoms with Gasteiger partial charge in [-0.15, -0.1) is 0 Å². The summed E-state index contributed by atoms with van der Waals surface area (Å²) in [6.45, 7) is 0. The molecule has 0 bridgehead atoms. The summed E-state index contributed by atoms with van der Waals surface area (Å²) in [4.78, 5) is 10.2. The maximum Gasteiger partial charge on any atom is 0.416 e. The van der Waals surface area contributed by atoms with Gasteiger partial charge in [-0.2, -0.15) is 13.2 Å². The van der Waals surface area contributed by atoms with E-state index >= 15 is 0 Å². The van der Waals surface area contributed by atoms with E-state index in [1.165, 1.54) is 18.5 Å². The largest absolute Gasteiger partial charge is 0.495 e. The Hall–Kier alpha value is -3.29. The van der Waals surface area contributed by atoms with E-state index in [4.69, 9.17) is 4.74 Å². The first kappa shape index (κ1) is 18.5. The first-order chi connectivity index (χ1) is 12.9. The van der Waals surface area contributed by atoms with Crippen LogP contribution in [0.1, 0.15) is 5.56 Å². The third-order valence-corrected chi connectivity index (χ3v) is 3.93. The van der Waals surface area contributed by atoms with Crippen LogP contribution in [0.25, 0.3) is 0 Å². The molecule has 1 heterocycles. The fourth-order valence-electron chi connectivity index (χ4n) is 2.52. The summed E-state index contributed by atoms with van der Waals surface area (Å²) >= 11 is 0. The Morgan fingerprint density at radius 1 is 1.00 bits per heavy atom. The summed E-state index contributed by atoms with van der Waals surface area (Å²) in [5.74, 6) is 1.75. The minimum absolute atomic E-state index is 0.460. The number of methoxy groups -OCH3 is 1. The van der Waals surface area contributed by atoms with Gasteiger partial charge in [-0.05, 0) is 36.4 Å². The van der Waals surface area contributed by atoms with E-state index in [0.717, 1.165) is 17.8 Å². The van der Waals surface area contributed by atoms with Crippen molar-refractivity contribution < 1.29 is 17.9 Å². The summed E-state index contributed by atoms with van der Waals surface area (Å²) in [6.07, 6.45) is -2.98. The predicted octanol–water partition coefficient (Wildman–Crippen LogP) is 5.02. The molecular formula is C19H17F3N4O. The third-order valence-electron chi connectivity index (χ3n) is 3.93. The molecule has 8 heteroatoms. The molecule has 0 spiro atoms. The van der Waals surface area contributed by atoms with Gasteiger partial charge in [0.25, 0.3) is 0 Å². The molecule has 0 amide bonds. The molecule has 0 unspecified atom stereocenters. The highest BCUT2D eigenvalue weighted by molar-refractivity contribution is 5.68. The Kier molecular flexibility index (Phi) is 5.16. The van der Waals surface area contributed by atoms with Crippen molar-refractivity contribution in [3.8, 4) is 5.75 Å². The molecule has 2 aromatic carbocycles. The van der Waals surface area contributed by atoms with Crippen molar-refractivity contribution >= 4 is 23.0 Å².